The molecule has 0 unspecified atom stereocenters. The fourth-order valence-electron chi connectivity index (χ4n) is 2.09. The van der Waals surface area contributed by atoms with E-state index in [0.717, 1.165) is 12.8 Å². The average molecular weight is 171 g/mol. The molecule has 70 valence electrons. The number of hydrogen-bond acceptors (Lipinski definition) is 3. The van der Waals surface area contributed by atoms with Crippen molar-refractivity contribution in [1.29, 1.82) is 0 Å². The molecule has 2 fully saturated rings. The number of hydrogen-bond donors (Lipinski definition) is 1. The fourth-order valence-corrected chi connectivity index (χ4v) is 2.09. The van der Waals surface area contributed by atoms with Crippen molar-refractivity contribution in [2.24, 2.45) is 5.73 Å². The van der Waals surface area contributed by atoms with Crippen molar-refractivity contribution in [3.63, 3.8) is 0 Å². The number of nitrogens with two attached hydrogens (primary N) is 1. The Morgan fingerprint density at radius 3 is 2.58 bits per heavy atom. The summed E-state index contributed by atoms with van der Waals surface area (Å²) >= 11 is 0. The van der Waals surface area contributed by atoms with Crippen molar-refractivity contribution in [2.45, 2.75) is 44.0 Å². The quantitative estimate of drug-likeness (QED) is 0.640. The highest BCUT2D eigenvalue weighted by molar-refractivity contribution is 4.82. The Hall–Kier alpha value is -0.120. The van der Waals surface area contributed by atoms with Gasteiger partial charge in [0.2, 0.25) is 0 Å². The van der Waals surface area contributed by atoms with Crippen LogP contribution in [0.15, 0.2) is 0 Å². The van der Waals surface area contributed by atoms with E-state index >= 15 is 0 Å². The fraction of sp³-hybridized carbons (Fsp3) is 1.00. The second-order valence-electron chi connectivity index (χ2n) is 3.76. The lowest BCUT2D eigenvalue weighted by atomic mass is 9.94. The molecule has 3 heteroatoms. The highest BCUT2D eigenvalue weighted by Crippen LogP contribution is 2.37. The Balaban J connectivity index is 1.94. The lowest BCUT2D eigenvalue weighted by molar-refractivity contribution is -0.186. The van der Waals surface area contributed by atoms with Gasteiger partial charge < -0.3 is 15.2 Å². The molecule has 1 heterocycles. The predicted octanol–water partition coefficient (Wildman–Crippen LogP) is 1.02. The summed E-state index contributed by atoms with van der Waals surface area (Å²) in [6.45, 7) is 1.28. The Kier molecular flexibility index (Phi) is 2.35. The summed E-state index contributed by atoms with van der Waals surface area (Å²) in [7, 11) is 0. The zero-order valence-electron chi connectivity index (χ0n) is 7.42. The third-order valence-electron chi connectivity index (χ3n) is 2.79. The molecule has 3 nitrogen and oxygen atoms in total. The molecule has 1 saturated heterocycles. The molecule has 1 aliphatic carbocycles. The van der Waals surface area contributed by atoms with Crippen molar-refractivity contribution >= 4 is 0 Å². The van der Waals surface area contributed by atoms with E-state index in [2.05, 4.69) is 0 Å². The second-order valence-corrected chi connectivity index (χ2v) is 3.76. The first kappa shape index (κ1) is 8.48. The van der Waals surface area contributed by atoms with Gasteiger partial charge in [0.05, 0.1) is 12.7 Å². The topological polar surface area (TPSA) is 44.5 Å². The molecule has 1 atom stereocenters. The Labute approximate surface area is 73.2 Å². The number of ether oxygens (including phenoxy) is 2. The van der Waals surface area contributed by atoms with E-state index in [1.807, 2.05) is 0 Å². The molecule has 0 aromatic carbocycles. The highest BCUT2D eigenvalue weighted by atomic mass is 16.7. The van der Waals surface area contributed by atoms with Gasteiger partial charge in [0.15, 0.2) is 5.79 Å². The highest BCUT2D eigenvalue weighted by Gasteiger charge is 2.41. The van der Waals surface area contributed by atoms with Crippen molar-refractivity contribution in [3.05, 3.63) is 0 Å². The maximum Gasteiger partial charge on any atom is 0.168 e. The Morgan fingerprint density at radius 2 is 2.00 bits per heavy atom. The van der Waals surface area contributed by atoms with Crippen LogP contribution in [0.5, 0.6) is 0 Å². The van der Waals surface area contributed by atoms with Crippen LogP contribution in [-0.2, 0) is 9.47 Å². The maximum atomic E-state index is 5.79. The van der Waals surface area contributed by atoms with Crippen LogP contribution in [0.1, 0.15) is 32.1 Å². The summed E-state index contributed by atoms with van der Waals surface area (Å²) in [6.07, 6.45) is 6.05. The molecule has 12 heavy (non-hydrogen) atoms. The molecule has 0 radical (unpaired) electrons. The van der Waals surface area contributed by atoms with E-state index in [0.29, 0.717) is 13.2 Å². The lowest BCUT2D eigenvalue weighted by Crippen LogP contribution is -2.34. The molecule has 1 aliphatic heterocycles. The summed E-state index contributed by atoms with van der Waals surface area (Å²) in [5.41, 5.74) is 5.52. The van der Waals surface area contributed by atoms with Crippen LogP contribution in [0.3, 0.4) is 0 Å². The van der Waals surface area contributed by atoms with Crippen molar-refractivity contribution in [3.8, 4) is 0 Å². The molecule has 2 rings (SSSR count). The van der Waals surface area contributed by atoms with Gasteiger partial charge in [0.25, 0.3) is 0 Å². The van der Waals surface area contributed by atoms with Gasteiger partial charge >= 0.3 is 0 Å². The average Bonchev–Trinajstić information content (AvgIpc) is 2.50. The standard InChI is InChI=1S/C9H17NO2/c10-6-8-7-11-9(12-8)4-2-1-3-5-9/h8H,1-7,10H2/t8-/m0/s1. The zero-order valence-corrected chi connectivity index (χ0v) is 7.42. The van der Waals surface area contributed by atoms with Gasteiger partial charge in [-0.15, -0.1) is 0 Å². The summed E-state index contributed by atoms with van der Waals surface area (Å²) in [6, 6.07) is 0. The van der Waals surface area contributed by atoms with E-state index in [4.69, 9.17) is 15.2 Å². The third kappa shape index (κ3) is 1.49. The van der Waals surface area contributed by atoms with Crippen molar-refractivity contribution in [2.75, 3.05) is 13.2 Å². The van der Waals surface area contributed by atoms with Crippen molar-refractivity contribution < 1.29 is 9.47 Å². The lowest BCUT2D eigenvalue weighted by Gasteiger charge is -2.31. The van der Waals surface area contributed by atoms with Crippen LogP contribution >= 0.6 is 0 Å². The minimum Gasteiger partial charge on any atom is -0.347 e. The summed E-state index contributed by atoms with van der Waals surface area (Å²) in [5.74, 6) is -0.234. The van der Waals surface area contributed by atoms with Gasteiger partial charge in [0, 0.05) is 19.4 Å². The minimum absolute atomic E-state index is 0.142. The van der Waals surface area contributed by atoms with Gasteiger partial charge in [0.1, 0.15) is 0 Å². The van der Waals surface area contributed by atoms with E-state index in [9.17, 15) is 0 Å². The first-order valence-electron chi connectivity index (χ1n) is 4.86. The first-order chi connectivity index (χ1) is 5.85. The van der Waals surface area contributed by atoms with E-state index in [1.165, 1.54) is 19.3 Å². The third-order valence-corrected chi connectivity index (χ3v) is 2.79. The summed E-state index contributed by atoms with van der Waals surface area (Å²) in [4.78, 5) is 0. The van der Waals surface area contributed by atoms with Crippen LogP contribution in [-0.4, -0.2) is 25.0 Å². The Bertz CT molecular complexity index is 155. The molecular weight excluding hydrogens is 154 g/mol. The molecular formula is C9H17NO2. The van der Waals surface area contributed by atoms with E-state index < -0.39 is 0 Å². The Morgan fingerprint density at radius 1 is 1.25 bits per heavy atom. The second kappa shape index (κ2) is 3.32. The zero-order chi connectivity index (χ0) is 8.44. The van der Waals surface area contributed by atoms with E-state index in [1.54, 1.807) is 0 Å². The molecule has 0 aromatic rings. The molecule has 0 aromatic heterocycles. The van der Waals surface area contributed by atoms with Gasteiger partial charge in [-0.05, 0) is 12.8 Å². The van der Waals surface area contributed by atoms with Gasteiger partial charge in [-0.25, -0.2) is 0 Å². The SMILES string of the molecule is NC[C@H]1COC2(CCCCC2)O1. The predicted molar refractivity (Wildman–Crippen MR) is 45.7 cm³/mol. The smallest absolute Gasteiger partial charge is 0.168 e. The molecule has 1 spiro atoms. The van der Waals surface area contributed by atoms with Gasteiger partial charge in [-0.1, -0.05) is 6.42 Å². The van der Waals surface area contributed by atoms with Gasteiger partial charge in [-0.3, -0.25) is 0 Å². The van der Waals surface area contributed by atoms with E-state index in [-0.39, 0.29) is 11.9 Å². The molecule has 0 amide bonds. The number of rotatable bonds is 1. The van der Waals surface area contributed by atoms with Crippen LogP contribution in [0.4, 0.5) is 0 Å². The summed E-state index contributed by atoms with van der Waals surface area (Å²) < 4.78 is 11.5. The maximum absolute atomic E-state index is 5.79. The molecule has 2 N–H and O–H groups in total. The minimum atomic E-state index is -0.234. The van der Waals surface area contributed by atoms with Crippen LogP contribution < -0.4 is 5.73 Å². The molecule has 2 aliphatic rings. The normalized spacial score (nSPS) is 34.2. The van der Waals surface area contributed by atoms with Crippen LogP contribution in [0.25, 0.3) is 0 Å². The monoisotopic (exact) mass is 171 g/mol. The molecule has 0 bridgehead atoms. The van der Waals surface area contributed by atoms with Gasteiger partial charge in [-0.2, -0.15) is 0 Å². The summed E-state index contributed by atoms with van der Waals surface area (Å²) in [5, 5.41) is 0. The first-order valence-corrected chi connectivity index (χ1v) is 4.86. The van der Waals surface area contributed by atoms with Crippen LogP contribution in [0.2, 0.25) is 0 Å². The largest absolute Gasteiger partial charge is 0.347 e. The van der Waals surface area contributed by atoms with Crippen LogP contribution in [0, 0.1) is 0 Å². The molecule has 1 saturated carbocycles. The van der Waals surface area contributed by atoms with Crippen molar-refractivity contribution in [1.82, 2.24) is 0 Å².